The van der Waals surface area contributed by atoms with E-state index in [1.807, 2.05) is 33.8 Å². The summed E-state index contributed by atoms with van der Waals surface area (Å²) in [6.07, 6.45) is 1.51. The summed E-state index contributed by atoms with van der Waals surface area (Å²) in [6, 6.07) is 17.9. The zero-order valence-electron chi connectivity index (χ0n) is 26.1. The summed E-state index contributed by atoms with van der Waals surface area (Å²) in [4.78, 5) is 28.9. The Morgan fingerprint density at radius 1 is 1.04 bits per heavy atom. The molecule has 6 rings (SSSR count). The smallest absolute Gasteiger partial charge is 0.301 e. The van der Waals surface area contributed by atoms with Crippen LogP contribution in [0.25, 0.3) is 5.76 Å². The van der Waals surface area contributed by atoms with Crippen molar-refractivity contribution in [2.75, 3.05) is 18.1 Å². The highest BCUT2D eigenvalue weighted by molar-refractivity contribution is 8.00. The zero-order chi connectivity index (χ0) is 32.4. The van der Waals surface area contributed by atoms with Gasteiger partial charge in [-0.05, 0) is 74.2 Å². The molecular formula is C35H35N3O6S2. The van der Waals surface area contributed by atoms with E-state index in [1.165, 1.54) is 33.6 Å². The molecule has 9 nitrogen and oxygen atoms in total. The van der Waals surface area contributed by atoms with Crippen molar-refractivity contribution < 1.29 is 28.9 Å². The van der Waals surface area contributed by atoms with Crippen molar-refractivity contribution in [3.05, 3.63) is 94.1 Å². The lowest BCUT2D eigenvalue weighted by Crippen LogP contribution is -2.29. The number of carbonyl (C=O) groups excluding carboxylic acids is 2. The monoisotopic (exact) mass is 657 g/mol. The topological polar surface area (TPSA) is 111 Å². The molecule has 2 atom stereocenters. The number of anilines is 1. The quantitative estimate of drug-likeness (QED) is 0.0585. The maximum absolute atomic E-state index is 13.8. The molecule has 0 bridgehead atoms. The number of aromatic nitrogens is 2. The van der Waals surface area contributed by atoms with Crippen molar-refractivity contribution in [1.29, 1.82) is 0 Å². The van der Waals surface area contributed by atoms with Crippen molar-refractivity contribution in [1.82, 2.24) is 10.2 Å². The first-order chi connectivity index (χ1) is 22.3. The standard InChI is InChI=1S/C35H35N3O6S2/c1-5-15-43-27-14-11-23(18-28(27)42-6-2)30-29(31(39)24-12-13-26-25(17-24)16-21(4)44-26)32(40)33(41)38(30)34-36-37-35(46-34)45-19-22-9-7-20(3)8-10-22/h7-14,17-18,21,30,39H,5-6,15-16,19H2,1-4H3/b31-29+/t21-,30-/m1/s1. The number of benzene rings is 3. The molecule has 11 heteroatoms. The van der Waals surface area contributed by atoms with Crippen LogP contribution in [0, 0.1) is 6.92 Å². The van der Waals surface area contributed by atoms with Gasteiger partial charge < -0.3 is 19.3 Å². The third-order valence-corrected chi connectivity index (χ3v) is 9.87. The normalized spacial score (nSPS) is 18.5. The number of aryl methyl sites for hydroxylation is 1. The lowest BCUT2D eigenvalue weighted by molar-refractivity contribution is -0.132. The van der Waals surface area contributed by atoms with E-state index in [-0.39, 0.29) is 22.6 Å². The van der Waals surface area contributed by atoms with Gasteiger partial charge in [0, 0.05) is 17.7 Å². The number of rotatable bonds is 11. The summed E-state index contributed by atoms with van der Waals surface area (Å²) >= 11 is 2.73. The molecule has 2 aliphatic heterocycles. The second-order valence-electron chi connectivity index (χ2n) is 11.2. The molecule has 0 spiro atoms. The number of aliphatic hydroxyl groups excluding tert-OH is 1. The summed E-state index contributed by atoms with van der Waals surface area (Å²) in [6.45, 7) is 8.80. The molecule has 1 aromatic heterocycles. The number of hydrogen-bond acceptors (Lipinski definition) is 10. The molecule has 1 amide bonds. The molecule has 4 aromatic rings. The molecule has 3 aromatic carbocycles. The first-order valence-corrected chi connectivity index (χ1v) is 17.1. The summed E-state index contributed by atoms with van der Waals surface area (Å²) in [5, 5.41) is 20.7. The molecule has 1 N–H and O–H groups in total. The van der Waals surface area contributed by atoms with Crippen LogP contribution in [-0.4, -0.2) is 46.3 Å². The number of ketones is 1. The highest BCUT2D eigenvalue weighted by atomic mass is 32.2. The minimum absolute atomic E-state index is 0.0129. The fraction of sp³-hybridized carbons (Fsp3) is 0.314. The van der Waals surface area contributed by atoms with E-state index in [1.54, 1.807) is 30.3 Å². The van der Waals surface area contributed by atoms with E-state index in [0.717, 1.165) is 23.3 Å². The molecule has 1 saturated heterocycles. The van der Waals surface area contributed by atoms with Gasteiger partial charge in [-0.15, -0.1) is 10.2 Å². The van der Waals surface area contributed by atoms with Crippen LogP contribution in [-0.2, 0) is 21.8 Å². The van der Waals surface area contributed by atoms with Gasteiger partial charge in [-0.1, -0.05) is 65.9 Å². The average Bonchev–Trinajstić information content (AvgIpc) is 3.74. The van der Waals surface area contributed by atoms with Gasteiger partial charge in [-0.3, -0.25) is 14.5 Å². The number of amides is 1. The Labute approximate surface area is 276 Å². The Balaban J connectivity index is 1.42. The first-order valence-electron chi connectivity index (χ1n) is 15.3. The molecule has 0 aliphatic carbocycles. The van der Waals surface area contributed by atoms with Crippen molar-refractivity contribution in [3.63, 3.8) is 0 Å². The predicted octanol–water partition coefficient (Wildman–Crippen LogP) is 7.28. The highest BCUT2D eigenvalue weighted by Gasteiger charge is 2.48. The summed E-state index contributed by atoms with van der Waals surface area (Å²) in [5.74, 6) is 0.596. The Kier molecular flexibility index (Phi) is 9.32. The Hall–Kier alpha value is -4.35. The maximum Gasteiger partial charge on any atom is 0.301 e. The Morgan fingerprint density at radius 3 is 2.61 bits per heavy atom. The number of nitrogens with zero attached hydrogens (tertiary/aromatic N) is 3. The van der Waals surface area contributed by atoms with Gasteiger partial charge in [-0.2, -0.15) is 0 Å². The molecule has 0 saturated carbocycles. The van der Waals surface area contributed by atoms with E-state index >= 15 is 0 Å². The second-order valence-corrected chi connectivity index (χ2v) is 13.4. The number of fused-ring (bicyclic) bond motifs is 1. The van der Waals surface area contributed by atoms with Gasteiger partial charge >= 0.3 is 5.91 Å². The molecule has 0 radical (unpaired) electrons. The van der Waals surface area contributed by atoms with Crippen LogP contribution in [0.1, 0.15) is 61.1 Å². The van der Waals surface area contributed by atoms with E-state index in [4.69, 9.17) is 14.2 Å². The highest BCUT2D eigenvalue weighted by Crippen LogP contribution is 2.46. The lowest BCUT2D eigenvalue weighted by atomic mass is 9.94. The fourth-order valence-electron chi connectivity index (χ4n) is 5.55. The SMILES string of the molecule is CCCOc1ccc([C@@H]2/C(=C(\O)c3ccc4c(c3)C[C@@H](C)O4)C(=O)C(=O)N2c2nnc(SCc3ccc(C)cc3)s2)cc1OCC. The van der Waals surface area contributed by atoms with Gasteiger partial charge in [0.1, 0.15) is 17.6 Å². The van der Waals surface area contributed by atoms with E-state index in [9.17, 15) is 14.7 Å². The lowest BCUT2D eigenvalue weighted by Gasteiger charge is -2.23. The molecule has 238 valence electrons. The molecule has 0 unspecified atom stereocenters. The van der Waals surface area contributed by atoms with Gasteiger partial charge in [0.2, 0.25) is 5.13 Å². The Morgan fingerprint density at radius 2 is 1.85 bits per heavy atom. The van der Waals surface area contributed by atoms with Crippen LogP contribution >= 0.6 is 23.1 Å². The van der Waals surface area contributed by atoms with E-state index in [0.29, 0.717) is 52.4 Å². The number of thioether (sulfide) groups is 1. The van der Waals surface area contributed by atoms with Gasteiger partial charge in [0.15, 0.2) is 15.8 Å². The van der Waals surface area contributed by atoms with E-state index in [2.05, 4.69) is 34.5 Å². The van der Waals surface area contributed by atoms with Crippen LogP contribution in [0.2, 0.25) is 0 Å². The van der Waals surface area contributed by atoms with Crippen LogP contribution in [0.4, 0.5) is 5.13 Å². The van der Waals surface area contributed by atoms with Crippen molar-refractivity contribution in [2.24, 2.45) is 0 Å². The van der Waals surface area contributed by atoms with Crippen molar-refractivity contribution >= 4 is 45.7 Å². The first kappa shape index (κ1) is 31.6. The molecule has 46 heavy (non-hydrogen) atoms. The predicted molar refractivity (Wildman–Crippen MR) is 179 cm³/mol. The summed E-state index contributed by atoms with van der Waals surface area (Å²) in [7, 11) is 0. The minimum atomic E-state index is -0.981. The van der Waals surface area contributed by atoms with E-state index < -0.39 is 17.7 Å². The number of ether oxygens (including phenoxy) is 3. The molecule has 1 fully saturated rings. The van der Waals surface area contributed by atoms with Crippen molar-refractivity contribution in [3.8, 4) is 17.2 Å². The maximum atomic E-state index is 13.8. The summed E-state index contributed by atoms with van der Waals surface area (Å²) in [5.41, 5.74) is 4.20. The van der Waals surface area contributed by atoms with Crippen LogP contribution in [0.15, 0.2) is 70.6 Å². The largest absolute Gasteiger partial charge is 0.507 e. The molecule has 2 aliphatic rings. The third-order valence-electron chi connectivity index (χ3n) is 7.74. The molecule has 3 heterocycles. The zero-order valence-corrected chi connectivity index (χ0v) is 27.7. The summed E-state index contributed by atoms with van der Waals surface area (Å²) < 4.78 is 18.3. The van der Waals surface area contributed by atoms with Crippen LogP contribution in [0.5, 0.6) is 17.2 Å². The number of Topliss-reactive ketones (excluding diaryl/α,β-unsaturated/α-hetero) is 1. The number of carbonyl (C=O) groups is 2. The van der Waals surface area contributed by atoms with Crippen LogP contribution < -0.4 is 19.1 Å². The van der Waals surface area contributed by atoms with Gasteiger partial charge in [0.05, 0.1) is 24.8 Å². The van der Waals surface area contributed by atoms with Crippen molar-refractivity contribution in [2.45, 2.75) is 62.8 Å². The average molecular weight is 658 g/mol. The fourth-order valence-corrected chi connectivity index (χ4v) is 7.38. The minimum Gasteiger partial charge on any atom is -0.507 e. The number of hydrogen-bond donors (Lipinski definition) is 1. The van der Waals surface area contributed by atoms with Gasteiger partial charge in [-0.25, -0.2) is 0 Å². The van der Waals surface area contributed by atoms with Gasteiger partial charge in [0.25, 0.3) is 5.78 Å². The third kappa shape index (κ3) is 6.34. The second kappa shape index (κ2) is 13.6. The molecular weight excluding hydrogens is 623 g/mol. The Bertz CT molecular complexity index is 1800. The van der Waals surface area contributed by atoms with Crippen LogP contribution in [0.3, 0.4) is 0 Å². The number of aliphatic hydroxyl groups is 1.